The average Bonchev–Trinajstić information content (AvgIpc) is 2.86. The fourth-order valence-electron chi connectivity index (χ4n) is 2.54. The molecule has 1 aliphatic rings. The van der Waals surface area contributed by atoms with Gasteiger partial charge in [-0.2, -0.15) is 0 Å². The van der Waals surface area contributed by atoms with Crippen LogP contribution in [0, 0.1) is 6.92 Å². The van der Waals surface area contributed by atoms with Gasteiger partial charge in [0.05, 0.1) is 24.2 Å². The molecule has 23 heavy (non-hydrogen) atoms. The number of sulfone groups is 1. The van der Waals surface area contributed by atoms with Crippen LogP contribution in [0.3, 0.4) is 0 Å². The highest BCUT2D eigenvalue weighted by molar-refractivity contribution is 7.91. The molecule has 1 saturated heterocycles. The lowest BCUT2D eigenvalue weighted by Gasteiger charge is -2.32. The largest absolute Gasteiger partial charge is 0.394 e. The molecule has 2 atom stereocenters. The molecule has 0 saturated carbocycles. The maximum absolute atomic E-state index is 11.7. The van der Waals surface area contributed by atoms with Crippen molar-refractivity contribution >= 4 is 32.9 Å². The Labute approximate surface area is 142 Å². The van der Waals surface area contributed by atoms with Gasteiger partial charge in [-0.05, 0) is 37.7 Å². The normalized spacial score (nSPS) is 20.9. The highest BCUT2D eigenvalue weighted by Gasteiger charge is 2.34. The Balaban J connectivity index is 2.12. The topological polar surface area (TPSA) is 89.9 Å². The molecule has 1 aromatic carbocycles. The SMILES string of the molecule is Cc1ccc(NC(=S)N(C[C@H](O)CO)[C@H]2CCS(=O)(=O)C2)cc1. The molecule has 1 aromatic rings. The van der Waals surface area contributed by atoms with Gasteiger partial charge in [0.15, 0.2) is 14.9 Å². The second-order valence-corrected chi connectivity index (χ2v) is 8.46. The highest BCUT2D eigenvalue weighted by atomic mass is 32.2. The molecule has 1 aliphatic heterocycles. The van der Waals surface area contributed by atoms with Gasteiger partial charge in [0.25, 0.3) is 0 Å². The Bertz CT molecular complexity index is 646. The number of anilines is 1. The molecule has 8 heteroatoms. The Hall–Kier alpha value is -1.22. The van der Waals surface area contributed by atoms with E-state index in [0.717, 1.165) is 11.3 Å². The Morgan fingerprint density at radius 2 is 2.09 bits per heavy atom. The molecule has 1 fully saturated rings. The smallest absolute Gasteiger partial charge is 0.173 e. The van der Waals surface area contributed by atoms with Crippen molar-refractivity contribution in [1.29, 1.82) is 0 Å². The number of thiocarbonyl (C=S) groups is 1. The summed E-state index contributed by atoms with van der Waals surface area (Å²) < 4.78 is 23.4. The predicted molar refractivity (Wildman–Crippen MR) is 94.3 cm³/mol. The molecule has 0 aromatic heterocycles. The van der Waals surface area contributed by atoms with Crippen molar-refractivity contribution in [1.82, 2.24) is 4.90 Å². The van der Waals surface area contributed by atoms with Gasteiger partial charge in [0.1, 0.15) is 0 Å². The van der Waals surface area contributed by atoms with Crippen LogP contribution < -0.4 is 5.32 Å². The van der Waals surface area contributed by atoms with Gasteiger partial charge in [-0.25, -0.2) is 8.42 Å². The van der Waals surface area contributed by atoms with Crippen LogP contribution in [0.15, 0.2) is 24.3 Å². The van der Waals surface area contributed by atoms with Crippen molar-refractivity contribution in [3.8, 4) is 0 Å². The Kier molecular flexibility index (Phi) is 5.96. The zero-order valence-corrected chi connectivity index (χ0v) is 14.6. The number of benzene rings is 1. The summed E-state index contributed by atoms with van der Waals surface area (Å²) in [6, 6.07) is 7.36. The molecular formula is C15H22N2O4S2. The van der Waals surface area contributed by atoms with E-state index in [1.54, 1.807) is 4.90 Å². The van der Waals surface area contributed by atoms with Crippen molar-refractivity contribution in [2.24, 2.45) is 0 Å². The second-order valence-electron chi connectivity index (χ2n) is 5.84. The van der Waals surface area contributed by atoms with E-state index in [-0.39, 0.29) is 24.1 Å². The maximum Gasteiger partial charge on any atom is 0.173 e. The van der Waals surface area contributed by atoms with Gasteiger partial charge in [-0.1, -0.05) is 17.7 Å². The predicted octanol–water partition coefficient (Wildman–Crippen LogP) is 0.534. The fourth-order valence-corrected chi connectivity index (χ4v) is 4.61. The number of nitrogens with one attached hydrogen (secondary N) is 1. The van der Waals surface area contributed by atoms with E-state index >= 15 is 0 Å². The number of hydrogen-bond acceptors (Lipinski definition) is 5. The Morgan fingerprint density at radius 1 is 1.43 bits per heavy atom. The maximum atomic E-state index is 11.7. The van der Waals surface area contributed by atoms with Crippen molar-refractivity contribution < 1.29 is 18.6 Å². The van der Waals surface area contributed by atoms with Crippen LogP contribution in [0.25, 0.3) is 0 Å². The molecule has 6 nitrogen and oxygen atoms in total. The van der Waals surface area contributed by atoms with Crippen LogP contribution >= 0.6 is 12.2 Å². The Morgan fingerprint density at radius 3 is 2.61 bits per heavy atom. The number of nitrogens with zero attached hydrogens (tertiary/aromatic N) is 1. The van der Waals surface area contributed by atoms with E-state index in [4.69, 9.17) is 17.3 Å². The van der Waals surface area contributed by atoms with Crippen LogP contribution in [0.1, 0.15) is 12.0 Å². The highest BCUT2D eigenvalue weighted by Crippen LogP contribution is 2.20. The lowest BCUT2D eigenvalue weighted by Crippen LogP contribution is -2.47. The van der Waals surface area contributed by atoms with Crippen molar-refractivity contribution in [2.45, 2.75) is 25.5 Å². The first-order valence-corrected chi connectivity index (χ1v) is 9.67. The van der Waals surface area contributed by atoms with E-state index in [1.807, 2.05) is 31.2 Å². The summed E-state index contributed by atoms with van der Waals surface area (Å²) in [5, 5.41) is 22.2. The van der Waals surface area contributed by atoms with Gasteiger partial charge in [0.2, 0.25) is 0 Å². The van der Waals surface area contributed by atoms with Gasteiger partial charge in [0, 0.05) is 18.3 Å². The molecule has 0 aliphatic carbocycles. The zero-order valence-electron chi connectivity index (χ0n) is 13.0. The van der Waals surface area contributed by atoms with Gasteiger partial charge < -0.3 is 20.4 Å². The van der Waals surface area contributed by atoms with Crippen LogP contribution in [-0.2, 0) is 9.84 Å². The first-order valence-electron chi connectivity index (χ1n) is 7.44. The monoisotopic (exact) mass is 358 g/mol. The van der Waals surface area contributed by atoms with E-state index in [0.29, 0.717) is 11.5 Å². The third-order valence-corrected chi connectivity index (χ3v) is 5.92. The van der Waals surface area contributed by atoms with Crippen molar-refractivity contribution in [3.05, 3.63) is 29.8 Å². The summed E-state index contributed by atoms with van der Waals surface area (Å²) >= 11 is 5.40. The number of rotatable bonds is 5. The molecule has 0 unspecified atom stereocenters. The molecule has 0 spiro atoms. The van der Waals surface area contributed by atoms with Crippen molar-refractivity contribution in [2.75, 3.05) is 30.0 Å². The first-order chi connectivity index (χ1) is 10.8. The van der Waals surface area contributed by atoms with Crippen LogP contribution in [0.2, 0.25) is 0 Å². The lowest BCUT2D eigenvalue weighted by molar-refractivity contribution is 0.0705. The number of aliphatic hydroxyl groups excluding tert-OH is 2. The fraction of sp³-hybridized carbons (Fsp3) is 0.533. The van der Waals surface area contributed by atoms with Gasteiger partial charge in [-0.3, -0.25) is 0 Å². The summed E-state index contributed by atoms with van der Waals surface area (Å²) in [5.41, 5.74) is 1.92. The summed E-state index contributed by atoms with van der Waals surface area (Å²) in [6.07, 6.45) is -0.507. The lowest BCUT2D eigenvalue weighted by atomic mass is 10.2. The molecular weight excluding hydrogens is 336 g/mol. The molecule has 0 amide bonds. The quantitative estimate of drug-likeness (QED) is 0.662. The van der Waals surface area contributed by atoms with Crippen LogP contribution in [-0.4, -0.2) is 65.4 Å². The third kappa shape index (κ3) is 5.13. The molecule has 1 heterocycles. The standard InChI is InChI=1S/C15H22N2O4S2/c1-11-2-4-12(5-3-11)16-15(22)17(8-14(19)9-18)13-6-7-23(20,21)10-13/h2-5,13-14,18-19H,6-10H2,1H3,(H,16,22)/t13-,14-/m0/s1. The number of hydrogen-bond donors (Lipinski definition) is 3. The zero-order chi connectivity index (χ0) is 17.0. The molecule has 0 radical (unpaired) electrons. The van der Waals surface area contributed by atoms with Crippen LogP contribution in [0.4, 0.5) is 5.69 Å². The molecule has 3 N–H and O–H groups in total. The van der Waals surface area contributed by atoms with E-state index in [9.17, 15) is 13.5 Å². The summed E-state index contributed by atoms with van der Waals surface area (Å²) in [7, 11) is -3.07. The van der Waals surface area contributed by atoms with E-state index in [2.05, 4.69) is 5.32 Å². The van der Waals surface area contributed by atoms with Crippen molar-refractivity contribution in [3.63, 3.8) is 0 Å². The molecule has 2 rings (SSSR count). The summed E-state index contributed by atoms with van der Waals surface area (Å²) in [6.45, 7) is 1.67. The summed E-state index contributed by atoms with van der Waals surface area (Å²) in [5.74, 6) is 0.136. The van der Waals surface area contributed by atoms with Gasteiger partial charge >= 0.3 is 0 Å². The minimum atomic E-state index is -3.07. The third-order valence-electron chi connectivity index (χ3n) is 3.83. The van der Waals surface area contributed by atoms with Crippen LogP contribution in [0.5, 0.6) is 0 Å². The second kappa shape index (κ2) is 7.57. The first kappa shape index (κ1) is 18.1. The van der Waals surface area contributed by atoms with E-state index < -0.39 is 22.5 Å². The minimum Gasteiger partial charge on any atom is -0.394 e. The average molecular weight is 358 g/mol. The minimum absolute atomic E-state index is 0.0147. The van der Waals surface area contributed by atoms with E-state index in [1.165, 1.54) is 0 Å². The summed E-state index contributed by atoms with van der Waals surface area (Å²) in [4.78, 5) is 1.67. The number of aliphatic hydroxyl groups is 2. The molecule has 128 valence electrons. The van der Waals surface area contributed by atoms with Gasteiger partial charge in [-0.15, -0.1) is 0 Å². The molecule has 0 bridgehead atoms. The number of aryl methyl sites for hydroxylation is 1.